The van der Waals surface area contributed by atoms with Crippen LogP contribution in [0.25, 0.3) is 0 Å². The minimum Gasteiger partial charge on any atom is -0.348 e. The smallest absolute Gasteiger partial charge is 0.272 e. The van der Waals surface area contributed by atoms with Crippen molar-refractivity contribution in [3.8, 4) is 0 Å². The van der Waals surface area contributed by atoms with Crippen LogP contribution in [0.4, 0.5) is 0 Å². The number of amides is 1. The van der Waals surface area contributed by atoms with Gasteiger partial charge in [-0.3, -0.25) is 4.79 Å². The monoisotopic (exact) mass is 384 g/mol. The van der Waals surface area contributed by atoms with Crippen LogP contribution in [0.2, 0.25) is 0 Å². The van der Waals surface area contributed by atoms with Crippen molar-refractivity contribution >= 4 is 50.7 Å². The maximum absolute atomic E-state index is 12.3. The second kappa shape index (κ2) is 6.93. The summed E-state index contributed by atoms with van der Waals surface area (Å²) in [5.74, 6) is -0.730. The van der Waals surface area contributed by atoms with Crippen LogP contribution in [0.3, 0.4) is 0 Å². The molecule has 1 fully saturated rings. The quantitative estimate of drug-likeness (QED) is 0.810. The summed E-state index contributed by atoms with van der Waals surface area (Å²) in [5, 5.41) is 2.46. The molecule has 0 aromatic heterocycles. The van der Waals surface area contributed by atoms with E-state index in [4.69, 9.17) is 34.8 Å². The fraction of sp³-hybridized carbons (Fsp3) is 0.462. The number of rotatable bonds is 4. The normalized spacial score (nSPS) is 16.7. The Morgan fingerprint density at radius 3 is 2.18 bits per heavy atom. The average molecular weight is 386 g/mol. The molecule has 1 N–H and O–H groups in total. The Kier molecular flexibility index (Phi) is 5.61. The van der Waals surface area contributed by atoms with E-state index in [1.54, 1.807) is 12.1 Å². The first-order valence-corrected chi connectivity index (χ1v) is 9.23. The fourth-order valence-corrected chi connectivity index (χ4v) is 3.86. The molecule has 1 amide bonds. The highest BCUT2D eigenvalue weighted by Gasteiger charge is 2.30. The summed E-state index contributed by atoms with van der Waals surface area (Å²) >= 11 is 16.3. The molecule has 0 aliphatic carbocycles. The molecule has 2 rings (SSSR count). The first-order chi connectivity index (χ1) is 10.2. The van der Waals surface area contributed by atoms with Crippen molar-refractivity contribution < 1.29 is 13.2 Å². The second-order valence-corrected chi connectivity index (χ2v) is 9.15. The number of hydrogen-bond donors (Lipinski definition) is 1. The maximum atomic E-state index is 12.3. The van der Waals surface area contributed by atoms with Gasteiger partial charge in [-0.25, -0.2) is 8.42 Å². The van der Waals surface area contributed by atoms with Gasteiger partial charge in [0.25, 0.3) is 9.70 Å². The van der Waals surface area contributed by atoms with Crippen molar-refractivity contribution in [2.75, 3.05) is 13.1 Å². The van der Waals surface area contributed by atoms with Gasteiger partial charge in [0.05, 0.1) is 4.90 Å². The van der Waals surface area contributed by atoms with E-state index in [2.05, 4.69) is 5.32 Å². The molecule has 122 valence electrons. The Hall–Kier alpha value is -0.530. The number of benzene rings is 1. The summed E-state index contributed by atoms with van der Waals surface area (Å²) in [6.07, 6.45) is 1.78. The van der Waals surface area contributed by atoms with Crippen molar-refractivity contribution in [1.82, 2.24) is 9.62 Å². The molecule has 0 saturated carbocycles. The number of hydrogen-bond acceptors (Lipinski definition) is 3. The van der Waals surface area contributed by atoms with E-state index in [9.17, 15) is 13.2 Å². The lowest BCUT2D eigenvalue weighted by Gasteiger charge is -2.16. The van der Waals surface area contributed by atoms with Gasteiger partial charge in [0.1, 0.15) is 0 Å². The molecule has 0 atom stereocenters. The van der Waals surface area contributed by atoms with Crippen molar-refractivity contribution in [3.05, 3.63) is 29.8 Å². The highest BCUT2D eigenvalue weighted by atomic mass is 35.6. The minimum absolute atomic E-state index is 0.150. The summed E-state index contributed by atoms with van der Waals surface area (Å²) in [6.45, 7) is 1.27. The van der Waals surface area contributed by atoms with Crippen LogP contribution in [-0.2, 0) is 21.4 Å². The third kappa shape index (κ3) is 4.26. The lowest BCUT2D eigenvalue weighted by molar-refractivity contribution is -0.120. The molecule has 1 aromatic rings. The minimum atomic E-state index is -3.43. The number of nitrogens with zero attached hydrogens (tertiary/aromatic N) is 1. The van der Waals surface area contributed by atoms with Crippen LogP contribution in [0.5, 0.6) is 0 Å². The van der Waals surface area contributed by atoms with E-state index in [-0.39, 0.29) is 11.4 Å². The molecule has 22 heavy (non-hydrogen) atoms. The summed E-state index contributed by atoms with van der Waals surface area (Å²) in [5.41, 5.74) is 0.711. The molecule has 0 bridgehead atoms. The third-order valence-electron chi connectivity index (χ3n) is 3.34. The van der Waals surface area contributed by atoms with Gasteiger partial charge in [-0.1, -0.05) is 46.9 Å². The SMILES string of the molecule is O=C(NCc1ccc(S(=O)(=O)N2CCCC2)cc1)C(Cl)(Cl)Cl. The van der Waals surface area contributed by atoms with E-state index in [0.29, 0.717) is 18.7 Å². The number of halogens is 3. The van der Waals surface area contributed by atoms with Crippen molar-refractivity contribution in [1.29, 1.82) is 0 Å². The molecule has 1 saturated heterocycles. The molecule has 0 unspecified atom stereocenters. The van der Waals surface area contributed by atoms with Gasteiger partial charge in [-0.2, -0.15) is 4.31 Å². The fourth-order valence-electron chi connectivity index (χ4n) is 2.14. The Bertz CT molecular complexity index is 635. The van der Waals surface area contributed by atoms with Gasteiger partial charge >= 0.3 is 0 Å². The number of carbonyl (C=O) groups excluding carboxylic acids is 1. The number of carbonyl (C=O) groups is 1. The lowest BCUT2D eigenvalue weighted by Crippen LogP contribution is -2.34. The Morgan fingerprint density at radius 1 is 1.14 bits per heavy atom. The zero-order chi connectivity index (χ0) is 16.4. The van der Waals surface area contributed by atoms with Gasteiger partial charge in [0, 0.05) is 19.6 Å². The predicted molar refractivity (Wildman–Crippen MR) is 86.6 cm³/mol. The molecule has 5 nitrogen and oxygen atoms in total. The van der Waals surface area contributed by atoms with E-state index in [1.807, 2.05) is 0 Å². The maximum Gasteiger partial charge on any atom is 0.272 e. The number of nitrogens with one attached hydrogen (secondary N) is 1. The van der Waals surface area contributed by atoms with Gasteiger partial charge < -0.3 is 5.32 Å². The highest BCUT2D eigenvalue weighted by Crippen LogP contribution is 2.26. The van der Waals surface area contributed by atoms with Crippen LogP contribution in [-0.4, -0.2) is 35.5 Å². The van der Waals surface area contributed by atoms with E-state index < -0.39 is 19.7 Å². The summed E-state index contributed by atoms with van der Waals surface area (Å²) in [7, 11) is -3.43. The molecular weight excluding hydrogens is 371 g/mol. The molecule has 0 spiro atoms. The van der Waals surface area contributed by atoms with Crippen LogP contribution in [0.1, 0.15) is 18.4 Å². The predicted octanol–water partition coefficient (Wildman–Crippen LogP) is 2.46. The zero-order valence-electron chi connectivity index (χ0n) is 11.6. The Labute approximate surface area is 144 Å². The zero-order valence-corrected chi connectivity index (χ0v) is 14.6. The molecule has 9 heteroatoms. The Morgan fingerprint density at radius 2 is 1.68 bits per heavy atom. The largest absolute Gasteiger partial charge is 0.348 e. The molecule has 1 aromatic carbocycles. The summed E-state index contributed by atoms with van der Waals surface area (Å²) in [6, 6.07) is 6.29. The molecule has 1 aliphatic heterocycles. The van der Waals surface area contributed by atoms with Gasteiger partial charge in [-0.05, 0) is 30.5 Å². The van der Waals surface area contributed by atoms with E-state index >= 15 is 0 Å². The average Bonchev–Trinajstić information content (AvgIpc) is 2.99. The van der Waals surface area contributed by atoms with Gasteiger partial charge in [0.15, 0.2) is 0 Å². The van der Waals surface area contributed by atoms with Crippen LogP contribution < -0.4 is 5.32 Å². The lowest BCUT2D eigenvalue weighted by atomic mass is 10.2. The first kappa shape index (κ1) is 17.8. The highest BCUT2D eigenvalue weighted by molar-refractivity contribution is 7.89. The molecular formula is C13H15Cl3N2O3S. The van der Waals surface area contributed by atoms with E-state index in [0.717, 1.165) is 12.8 Å². The first-order valence-electron chi connectivity index (χ1n) is 6.65. The number of sulfonamides is 1. The third-order valence-corrected chi connectivity index (χ3v) is 5.76. The van der Waals surface area contributed by atoms with E-state index in [1.165, 1.54) is 16.4 Å². The Balaban J connectivity index is 2.03. The van der Waals surface area contributed by atoms with Crippen molar-refractivity contribution in [2.24, 2.45) is 0 Å². The molecule has 1 aliphatic rings. The topological polar surface area (TPSA) is 66.5 Å². The molecule has 1 heterocycles. The molecule has 0 radical (unpaired) electrons. The summed E-state index contributed by atoms with van der Waals surface area (Å²) in [4.78, 5) is 11.7. The van der Waals surface area contributed by atoms with Crippen LogP contribution in [0, 0.1) is 0 Å². The standard InChI is InChI=1S/C13H15Cl3N2O3S/c14-13(15,16)12(19)17-9-10-3-5-11(6-4-10)22(20,21)18-7-1-2-8-18/h3-6H,1-2,7-9H2,(H,17,19). The second-order valence-electron chi connectivity index (χ2n) is 4.94. The van der Waals surface area contributed by atoms with Gasteiger partial charge in [0.2, 0.25) is 10.0 Å². The van der Waals surface area contributed by atoms with Crippen LogP contribution >= 0.6 is 34.8 Å². The van der Waals surface area contributed by atoms with Crippen molar-refractivity contribution in [3.63, 3.8) is 0 Å². The van der Waals surface area contributed by atoms with Crippen LogP contribution in [0.15, 0.2) is 29.2 Å². The van der Waals surface area contributed by atoms with Gasteiger partial charge in [-0.15, -0.1) is 0 Å². The summed E-state index contributed by atoms with van der Waals surface area (Å²) < 4.78 is 24.2. The number of alkyl halides is 3. The van der Waals surface area contributed by atoms with Crippen molar-refractivity contribution in [2.45, 2.75) is 28.1 Å².